The number of rotatable bonds is 3. The summed E-state index contributed by atoms with van der Waals surface area (Å²) in [6.07, 6.45) is 1.91. The normalized spacial score (nSPS) is 15.6. The molecule has 0 radical (unpaired) electrons. The van der Waals surface area contributed by atoms with E-state index in [0.29, 0.717) is 5.69 Å². The fourth-order valence-electron chi connectivity index (χ4n) is 2.71. The molecule has 1 amide bonds. The molecule has 0 spiro atoms. The van der Waals surface area contributed by atoms with E-state index in [1.807, 2.05) is 11.6 Å². The number of carbonyl (C=O) groups is 1. The van der Waals surface area contributed by atoms with Crippen molar-refractivity contribution in [2.45, 2.75) is 25.8 Å². The van der Waals surface area contributed by atoms with E-state index >= 15 is 0 Å². The van der Waals surface area contributed by atoms with Crippen LogP contribution >= 0.6 is 11.6 Å². The van der Waals surface area contributed by atoms with Gasteiger partial charge in [-0.25, -0.2) is 9.07 Å². The molecule has 2 heterocycles. The van der Waals surface area contributed by atoms with Crippen LogP contribution in [-0.2, 0) is 0 Å². The Bertz CT molecular complexity index is 727. The average Bonchev–Trinajstić information content (AvgIpc) is 2.93. The molecule has 8 heteroatoms. The first-order valence-corrected chi connectivity index (χ1v) is 7.83. The summed E-state index contributed by atoms with van der Waals surface area (Å²) in [5.74, 6) is -0.914. The Morgan fingerprint density at radius 3 is 2.87 bits per heavy atom. The van der Waals surface area contributed by atoms with E-state index in [0.717, 1.165) is 31.6 Å². The van der Waals surface area contributed by atoms with Gasteiger partial charge in [0.05, 0.1) is 16.8 Å². The maximum atomic E-state index is 13.2. The molecule has 1 saturated heterocycles. The van der Waals surface area contributed by atoms with E-state index in [9.17, 15) is 9.18 Å². The van der Waals surface area contributed by atoms with E-state index in [4.69, 9.17) is 11.6 Å². The highest BCUT2D eigenvalue weighted by atomic mass is 35.5. The number of benzene rings is 1. The molecule has 23 heavy (non-hydrogen) atoms. The largest absolute Gasteiger partial charge is 0.320 e. The van der Waals surface area contributed by atoms with Crippen LogP contribution in [0.4, 0.5) is 10.1 Å². The summed E-state index contributed by atoms with van der Waals surface area (Å²) in [7, 11) is 0. The molecule has 0 aliphatic carbocycles. The van der Waals surface area contributed by atoms with Crippen molar-refractivity contribution >= 4 is 23.2 Å². The molecule has 1 fully saturated rings. The number of hydrogen-bond acceptors (Lipinski definition) is 4. The Labute approximate surface area is 138 Å². The second-order valence-corrected chi connectivity index (χ2v) is 5.94. The van der Waals surface area contributed by atoms with E-state index in [2.05, 4.69) is 20.9 Å². The molecular weight excluding hydrogens is 321 g/mol. The predicted molar refractivity (Wildman–Crippen MR) is 85.3 cm³/mol. The Morgan fingerprint density at radius 1 is 1.43 bits per heavy atom. The Kier molecular flexibility index (Phi) is 4.58. The van der Waals surface area contributed by atoms with Crippen LogP contribution in [0.2, 0.25) is 5.02 Å². The molecule has 2 aromatic rings. The number of amides is 1. The lowest BCUT2D eigenvalue weighted by molar-refractivity contribution is 0.102. The van der Waals surface area contributed by atoms with Crippen molar-refractivity contribution in [3.05, 3.63) is 40.4 Å². The Hall–Kier alpha value is -1.99. The molecule has 1 aliphatic rings. The molecule has 0 atom stereocenters. The first kappa shape index (κ1) is 15.9. The van der Waals surface area contributed by atoms with Crippen LogP contribution in [0.3, 0.4) is 0 Å². The summed E-state index contributed by atoms with van der Waals surface area (Å²) in [4.78, 5) is 12.4. The van der Waals surface area contributed by atoms with Gasteiger partial charge in [0.2, 0.25) is 0 Å². The SMILES string of the molecule is Cc1c(C(=O)Nc2ccc(F)c(Cl)c2)nnn1C1CCNCC1. The third kappa shape index (κ3) is 3.35. The maximum absolute atomic E-state index is 13.2. The smallest absolute Gasteiger partial charge is 0.278 e. The highest BCUT2D eigenvalue weighted by Crippen LogP contribution is 2.22. The van der Waals surface area contributed by atoms with Crippen LogP contribution in [0.15, 0.2) is 18.2 Å². The number of aromatic nitrogens is 3. The standard InChI is InChI=1S/C15H17ClFN5O/c1-9-14(20-21-22(9)11-4-6-18-7-5-11)15(23)19-10-2-3-13(17)12(16)8-10/h2-3,8,11,18H,4-7H2,1H3,(H,19,23). The van der Waals surface area contributed by atoms with E-state index in [1.165, 1.54) is 18.2 Å². The number of nitrogens with zero attached hydrogens (tertiary/aromatic N) is 3. The topological polar surface area (TPSA) is 71.8 Å². The minimum Gasteiger partial charge on any atom is -0.320 e. The molecule has 6 nitrogen and oxygen atoms in total. The Balaban J connectivity index is 1.77. The summed E-state index contributed by atoms with van der Waals surface area (Å²) in [5.41, 5.74) is 1.41. The Morgan fingerprint density at radius 2 is 2.17 bits per heavy atom. The van der Waals surface area contributed by atoms with Crippen molar-refractivity contribution in [3.63, 3.8) is 0 Å². The van der Waals surface area contributed by atoms with Crippen LogP contribution < -0.4 is 10.6 Å². The van der Waals surface area contributed by atoms with Crippen molar-refractivity contribution in [1.29, 1.82) is 0 Å². The van der Waals surface area contributed by atoms with Crippen molar-refractivity contribution < 1.29 is 9.18 Å². The number of piperidine rings is 1. The molecule has 3 rings (SSSR count). The molecule has 0 saturated carbocycles. The highest BCUT2D eigenvalue weighted by molar-refractivity contribution is 6.31. The van der Waals surface area contributed by atoms with Crippen LogP contribution in [0.5, 0.6) is 0 Å². The van der Waals surface area contributed by atoms with Crippen LogP contribution in [0, 0.1) is 12.7 Å². The monoisotopic (exact) mass is 337 g/mol. The summed E-state index contributed by atoms with van der Waals surface area (Å²) < 4.78 is 15.0. The number of carbonyl (C=O) groups excluding carboxylic acids is 1. The fourth-order valence-corrected chi connectivity index (χ4v) is 2.89. The number of anilines is 1. The second-order valence-electron chi connectivity index (χ2n) is 5.53. The van der Waals surface area contributed by atoms with Crippen LogP contribution in [-0.4, -0.2) is 34.0 Å². The van der Waals surface area contributed by atoms with E-state index in [-0.39, 0.29) is 22.7 Å². The van der Waals surface area contributed by atoms with Gasteiger partial charge in [0.1, 0.15) is 5.82 Å². The summed E-state index contributed by atoms with van der Waals surface area (Å²) in [6, 6.07) is 4.27. The molecule has 1 aromatic heterocycles. The molecular formula is C15H17ClFN5O. The number of hydrogen-bond donors (Lipinski definition) is 2. The predicted octanol–water partition coefficient (Wildman–Crippen LogP) is 2.56. The summed E-state index contributed by atoms with van der Waals surface area (Å²) >= 11 is 5.72. The zero-order valence-corrected chi connectivity index (χ0v) is 13.4. The van der Waals surface area contributed by atoms with Gasteiger partial charge in [0.15, 0.2) is 5.69 Å². The van der Waals surface area contributed by atoms with Gasteiger partial charge in [-0.15, -0.1) is 5.10 Å². The van der Waals surface area contributed by atoms with Gasteiger partial charge in [-0.1, -0.05) is 16.8 Å². The van der Waals surface area contributed by atoms with Crippen molar-refractivity contribution in [2.75, 3.05) is 18.4 Å². The van der Waals surface area contributed by atoms with Gasteiger partial charge in [-0.3, -0.25) is 4.79 Å². The first-order chi connectivity index (χ1) is 11.1. The van der Waals surface area contributed by atoms with Gasteiger partial charge in [0.25, 0.3) is 5.91 Å². The fraction of sp³-hybridized carbons (Fsp3) is 0.400. The molecule has 122 valence electrons. The van der Waals surface area contributed by atoms with Gasteiger partial charge in [-0.05, 0) is 51.1 Å². The quantitative estimate of drug-likeness (QED) is 0.903. The van der Waals surface area contributed by atoms with Gasteiger partial charge in [-0.2, -0.15) is 0 Å². The molecule has 0 unspecified atom stereocenters. The van der Waals surface area contributed by atoms with Crippen molar-refractivity contribution in [3.8, 4) is 0 Å². The van der Waals surface area contributed by atoms with Crippen LogP contribution in [0.25, 0.3) is 0 Å². The van der Waals surface area contributed by atoms with E-state index in [1.54, 1.807) is 0 Å². The van der Waals surface area contributed by atoms with Gasteiger partial charge in [0, 0.05) is 5.69 Å². The lowest BCUT2D eigenvalue weighted by Gasteiger charge is -2.23. The van der Waals surface area contributed by atoms with Crippen LogP contribution in [0.1, 0.15) is 35.1 Å². The second kappa shape index (κ2) is 6.64. The summed E-state index contributed by atoms with van der Waals surface area (Å²) in [6.45, 7) is 3.69. The lowest BCUT2D eigenvalue weighted by atomic mass is 10.1. The molecule has 2 N–H and O–H groups in total. The zero-order valence-electron chi connectivity index (χ0n) is 12.6. The molecule has 1 aliphatic heterocycles. The van der Waals surface area contributed by atoms with E-state index < -0.39 is 5.82 Å². The minimum absolute atomic E-state index is 0.0436. The zero-order chi connectivity index (χ0) is 16.4. The van der Waals surface area contributed by atoms with Crippen molar-refractivity contribution in [1.82, 2.24) is 20.3 Å². The third-order valence-corrected chi connectivity index (χ3v) is 4.26. The minimum atomic E-state index is -0.530. The number of nitrogens with one attached hydrogen (secondary N) is 2. The lowest BCUT2D eigenvalue weighted by Crippen LogP contribution is -2.30. The average molecular weight is 338 g/mol. The maximum Gasteiger partial charge on any atom is 0.278 e. The van der Waals surface area contributed by atoms with Gasteiger partial charge < -0.3 is 10.6 Å². The van der Waals surface area contributed by atoms with Crippen molar-refractivity contribution in [2.24, 2.45) is 0 Å². The van der Waals surface area contributed by atoms with Gasteiger partial charge >= 0.3 is 0 Å². The number of halogens is 2. The molecule has 1 aromatic carbocycles. The molecule has 0 bridgehead atoms. The summed E-state index contributed by atoms with van der Waals surface area (Å²) in [5, 5.41) is 14.0. The first-order valence-electron chi connectivity index (χ1n) is 7.45. The third-order valence-electron chi connectivity index (χ3n) is 3.97. The highest BCUT2D eigenvalue weighted by Gasteiger charge is 2.23.